The number of hydrogen-bond acceptors (Lipinski definition) is 2. The molecule has 0 spiro atoms. The molecule has 0 radical (unpaired) electrons. The van der Waals surface area contributed by atoms with Gasteiger partial charge in [-0.1, -0.05) is 11.6 Å². The van der Waals surface area contributed by atoms with E-state index in [-0.39, 0.29) is 0 Å². The summed E-state index contributed by atoms with van der Waals surface area (Å²) >= 11 is 7.07. The van der Waals surface area contributed by atoms with Crippen LogP contribution in [0.4, 0.5) is 5.00 Å². The van der Waals surface area contributed by atoms with Crippen LogP contribution in [-0.2, 0) is 0 Å². The largest absolute Gasteiger partial charge is 0.387 e. The topological polar surface area (TPSA) is 38.4 Å². The minimum absolute atomic E-state index is 0.554. The second kappa shape index (κ2) is 3.03. The van der Waals surface area contributed by atoms with Crippen molar-refractivity contribution in [3.8, 4) is 0 Å². The third-order valence-corrected chi connectivity index (χ3v) is 1.97. The molecule has 0 bridgehead atoms. The number of halogens is 1. The number of amidine groups is 1. The molecule has 0 amide bonds. The van der Waals surface area contributed by atoms with Crippen LogP contribution in [0.15, 0.2) is 17.1 Å². The van der Waals surface area contributed by atoms with E-state index in [4.69, 9.17) is 17.3 Å². The molecule has 0 unspecified atom stereocenters. The molecule has 0 saturated heterocycles. The summed E-state index contributed by atoms with van der Waals surface area (Å²) in [6.07, 6.45) is 0. The first-order valence-electron chi connectivity index (χ1n) is 2.74. The van der Waals surface area contributed by atoms with Gasteiger partial charge in [-0.3, -0.25) is 0 Å². The summed E-state index contributed by atoms with van der Waals surface area (Å²) in [5, 5.41) is 0.852. The summed E-state index contributed by atoms with van der Waals surface area (Å²) in [6, 6.07) is 3.64. The molecule has 4 heteroatoms. The first-order chi connectivity index (χ1) is 4.68. The normalized spacial score (nSPS) is 12.0. The van der Waals surface area contributed by atoms with E-state index >= 15 is 0 Å². The third kappa shape index (κ3) is 2.01. The van der Waals surface area contributed by atoms with Crippen LogP contribution in [0, 0.1) is 0 Å². The average molecular weight is 175 g/mol. The van der Waals surface area contributed by atoms with Gasteiger partial charge in [-0.15, -0.1) is 11.3 Å². The summed E-state index contributed by atoms with van der Waals surface area (Å²) < 4.78 is 0.736. The molecule has 0 aliphatic heterocycles. The molecule has 2 N–H and O–H groups in total. The van der Waals surface area contributed by atoms with Crippen LogP contribution >= 0.6 is 22.9 Å². The van der Waals surface area contributed by atoms with E-state index in [9.17, 15) is 0 Å². The highest BCUT2D eigenvalue weighted by atomic mass is 35.5. The molecule has 1 aromatic heterocycles. The highest BCUT2D eigenvalue weighted by Gasteiger charge is 1.93. The van der Waals surface area contributed by atoms with Gasteiger partial charge in [-0.2, -0.15) is 0 Å². The molecule has 0 fully saturated rings. The minimum Gasteiger partial charge on any atom is -0.387 e. The smallest absolute Gasteiger partial charge is 0.119 e. The van der Waals surface area contributed by atoms with Crippen LogP contribution in [0.5, 0.6) is 0 Å². The number of rotatable bonds is 1. The van der Waals surface area contributed by atoms with Crippen LogP contribution in [0.3, 0.4) is 0 Å². The SMILES string of the molecule is C/C(N)=N\c1ccc(Cl)s1. The third-order valence-electron chi connectivity index (χ3n) is 0.846. The summed E-state index contributed by atoms with van der Waals surface area (Å²) in [5.41, 5.74) is 5.35. The zero-order valence-electron chi connectivity index (χ0n) is 5.47. The fraction of sp³-hybridized carbons (Fsp3) is 0.167. The first-order valence-corrected chi connectivity index (χ1v) is 3.94. The number of aliphatic imine (C=N–C) groups is 1. The second-order valence-electron chi connectivity index (χ2n) is 1.83. The van der Waals surface area contributed by atoms with Crippen molar-refractivity contribution in [3.05, 3.63) is 16.5 Å². The standard InChI is InChI=1S/C6H7ClN2S/c1-4(8)9-6-3-2-5(7)10-6/h2-3H,1H3,(H2,8,9). The van der Waals surface area contributed by atoms with Crippen LogP contribution in [-0.4, -0.2) is 5.84 Å². The van der Waals surface area contributed by atoms with Gasteiger partial charge < -0.3 is 5.73 Å². The van der Waals surface area contributed by atoms with Crippen molar-refractivity contribution >= 4 is 33.8 Å². The molecule has 1 aromatic rings. The molecule has 0 saturated carbocycles. The van der Waals surface area contributed by atoms with Gasteiger partial charge in [0.2, 0.25) is 0 Å². The number of hydrogen-bond donors (Lipinski definition) is 1. The number of thiophene rings is 1. The summed E-state index contributed by atoms with van der Waals surface area (Å²) in [5.74, 6) is 0.554. The Kier molecular flexibility index (Phi) is 2.29. The van der Waals surface area contributed by atoms with Crippen molar-refractivity contribution in [2.75, 3.05) is 0 Å². The fourth-order valence-electron chi connectivity index (χ4n) is 0.539. The van der Waals surface area contributed by atoms with Gasteiger partial charge in [0, 0.05) is 0 Å². The monoisotopic (exact) mass is 174 g/mol. The summed E-state index contributed by atoms with van der Waals surface area (Å²) in [7, 11) is 0. The molecule has 0 atom stereocenters. The average Bonchev–Trinajstić information content (AvgIpc) is 2.13. The lowest BCUT2D eigenvalue weighted by atomic mass is 10.6. The van der Waals surface area contributed by atoms with E-state index in [0.717, 1.165) is 9.34 Å². The lowest BCUT2D eigenvalue weighted by molar-refractivity contribution is 1.50. The molecule has 54 valence electrons. The molecular formula is C6H7ClN2S. The Morgan fingerprint density at radius 3 is 2.80 bits per heavy atom. The molecule has 2 nitrogen and oxygen atoms in total. The molecule has 0 aromatic carbocycles. The summed E-state index contributed by atoms with van der Waals surface area (Å²) in [6.45, 7) is 1.74. The van der Waals surface area contributed by atoms with E-state index in [1.807, 2.05) is 6.07 Å². The van der Waals surface area contributed by atoms with E-state index in [2.05, 4.69) is 4.99 Å². The van der Waals surface area contributed by atoms with Gasteiger partial charge in [0.15, 0.2) is 0 Å². The zero-order valence-corrected chi connectivity index (χ0v) is 7.04. The highest BCUT2D eigenvalue weighted by Crippen LogP contribution is 2.28. The Labute approximate surface area is 68.3 Å². The van der Waals surface area contributed by atoms with Crippen LogP contribution in [0.1, 0.15) is 6.92 Å². The number of nitrogens with two attached hydrogens (primary N) is 1. The van der Waals surface area contributed by atoms with Crippen molar-refractivity contribution in [2.24, 2.45) is 10.7 Å². The van der Waals surface area contributed by atoms with Gasteiger partial charge in [0.1, 0.15) is 5.00 Å². The van der Waals surface area contributed by atoms with Gasteiger partial charge in [0.05, 0.1) is 10.2 Å². The predicted molar refractivity (Wildman–Crippen MR) is 46.3 cm³/mol. The Bertz CT molecular complexity index is 250. The summed E-state index contributed by atoms with van der Waals surface area (Å²) in [4.78, 5) is 4.01. The zero-order chi connectivity index (χ0) is 7.56. The Morgan fingerprint density at radius 1 is 1.70 bits per heavy atom. The van der Waals surface area contributed by atoms with E-state index in [1.54, 1.807) is 13.0 Å². The van der Waals surface area contributed by atoms with Crippen LogP contribution < -0.4 is 5.73 Å². The van der Waals surface area contributed by atoms with Crippen molar-refractivity contribution in [1.29, 1.82) is 0 Å². The highest BCUT2D eigenvalue weighted by molar-refractivity contribution is 7.19. The maximum absolute atomic E-state index is 5.65. The lowest BCUT2D eigenvalue weighted by Gasteiger charge is -1.85. The molecular weight excluding hydrogens is 168 g/mol. The minimum atomic E-state index is 0.554. The first kappa shape index (κ1) is 7.57. The van der Waals surface area contributed by atoms with E-state index in [0.29, 0.717) is 5.84 Å². The molecule has 0 aliphatic rings. The maximum Gasteiger partial charge on any atom is 0.119 e. The molecule has 10 heavy (non-hydrogen) atoms. The predicted octanol–water partition coefficient (Wildman–Crippen LogP) is 2.41. The van der Waals surface area contributed by atoms with Crippen molar-refractivity contribution in [3.63, 3.8) is 0 Å². The van der Waals surface area contributed by atoms with Gasteiger partial charge >= 0.3 is 0 Å². The number of nitrogens with zero attached hydrogens (tertiary/aromatic N) is 1. The Balaban J connectivity index is 2.86. The quantitative estimate of drug-likeness (QED) is 0.516. The van der Waals surface area contributed by atoms with Crippen molar-refractivity contribution < 1.29 is 0 Å². The van der Waals surface area contributed by atoms with E-state index in [1.165, 1.54) is 11.3 Å². The van der Waals surface area contributed by atoms with E-state index < -0.39 is 0 Å². The molecule has 1 rings (SSSR count). The fourth-order valence-corrected chi connectivity index (χ4v) is 1.50. The Morgan fingerprint density at radius 2 is 2.40 bits per heavy atom. The van der Waals surface area contributed by atoms with Gasteiger partial charge in [-0.05, 0) is 19.1 Å². The van der Waals surface area contributed by atoms with Crippen LogP contribution in [0.25, 0.3) is 0 Å². The Hall–Kier alpha value is -0.540. The van der Waals surface area contributed by atoms with Gasteiger partial charge in [-0.25, -0.2) is 4.99 Å². The van der Waals surface area contributed by atoms with Gasteiger partial charge in [0.25, 0.3) is 0 Å². The molecule has 1 heterocycles. The second-order valence-corrected chi connectivity index (χ2v) is 3.52. The van der Waals surface area contributed by atoms with Crippen molar-refractivity contribution in [2.45, 2.75) is 6.92 Å². The maximum atomic E-state index is 5.65. The van der Waals surface area contributed by atoms with Crippen molar-refractivity contribution in [1.82, 2.24) is 0 Å². The lowest BCUT2D eigenvalue weighted by Crippen LogP contribution is -2.03. The van der Waals surface area contributed by atoms with Crippen LogP contribution in [0.2, 0.25) is 4.34 Å². The molecule has 0 aliphatic carbocycles.